The Hall–Kier alpha value is -0.390. The first kappa shape index (κ1) is 12.1. The van der Waals surface area contributed by atoms with Gasteiger partial charge in [-0.15, -0.1) is 0 Å². The number of rotatable bonds is 3. The Kier molecular flexibility index (Phi) is 4.37. The molecule has 1 fully saturated rings. The number of aromatic amines is 1. The Balaban J connectivity index is 2.21. The van der Waals surface area contributed by atoms with Crippen molar-refractivity contribution in [2.24, 2.45) is 0 Å². The van der Waals surface area contributed by atoms with Crippen molar-refractivity contribution < 1.29 is 4.74 Å². The van der Waals surface area contributed by atoms with Gasteiger partial charge in [0.2, 0.25) is 0 Å². The number of nitrogens with one attached hydrogen (secondary N) is 1. The Bertz CT molecular complexity index is 399. The molecule has 1 unspecified atom stereocenters. The molecular weight excluding hydrogens is 240 g/mol. The molecule has 1 N–H and O–H groups in total. The monoisotopic (exact) mass is 256 g/mol. The summed E-state index contributed by atoms with van der Waals surface area (Å²) in [6, 6.07) is 1.87. The zero-order valence-corrected chi connectivity index (χ0v) is 11.0. The molecule has 3 nitrogen and oxygen atoms in total. The normalized spacial score (nSPS) is 20.9. The van der Waals surface area contributed by atoms with Crippen LogP contribution in [0.2, 0.25) is 0 Å². The summed E-state index contributed by atoms with van der Waals surface area (Å²) in [6.45, 7) is 0.566. The lowest BCUT2D eigenvalue weighted by molar-refractivity contribution is 0.181. The molecule has 2 heterocycles. The maximum Gasteiger partial charge on any atom is 0.130 e. The van der Waals surface area contributed by atoms with Gasteiger partial charge in [-0.1, -0.05) is 18.6 Å². The summed E-state index contributed by atoms with van der Waals surface area (Å²) in [5.41, 5.74) is 1.02. The van der Waals surface area contributed by atoms with Gasteiger partial charge < -0.3 is 9.72 Å². The smallest absolute Gasteiger partial charge is 0.130 e. The van der Waals surface area contributed by atoms with Crippen LogP contribution in [0.1, 0.15) is 36.0 Å². The quantitative estimate of drug-likeness (QED) is 0.843. The van der Waals surface area contributed by atoms with Crippen LogP contribution >= 0.6 is 24.0 Å². The highest BCUT2D eigenvalue weighted by molar-refractivity contribution is 7.99. The summed E-state index contributed by atoms with van der Waals surface area (Å²) < 4.78 is 5.77. The maximum absolute atomic E-state index is 5.17. The summed E-state index contributed by atoms with van der Waals surface area (Å²) >= 11 is 7.15. The van der Waals surface area contributed by atoms with Crippen molar-refractivity contribution in [2.45, 2.75) is 31.1 Å². The summed E-state index contributed by atoms with van der Waals surface area (Å²) in [4.78, 5) is 7.75. The number of thioether (sulfide) groups is 1. The molecule has 1 saturated heterocycles. The van der Waals surface area contributed by atoms with Crippen LogP contribution in [0.4, 0.5) is 0 Å². The van der Waals surface area contributed by atoms with E-state index in [0.717, 1.165) is 11.5 Å². The number of H-pyrrole nitrogens is 1. The maximum atomic E-state index is 5.17. The first-order valence-corrected chi connectivity index (χ1v) is 6.96. The molecule has 0 aromatic carbocycles. The van der Waals surface area contributed by atoms with Gasteiger partial charge in [-0.05, 0) is 24.7 Å². The van der Waals surface area contributed by atoms with Crippen LogP contribution < -0.4 is 0 Å². The molecule has 0 amide bonds. The fraction of sp³-hybridized carbons (Fsp3) is 0.636. The zero-order chi connectivity index (χ0) is 11.4. The van der Waals surface area contributed by atoms with E-state index in [4.69, 9.17) is 17.0 Å². The highest BCUT2D eigenvalue weighted by atomic mass is 32.2. The predicted octanol–water partition coefficient (Wildman–Crippen LogP) is 3.24. The standard InChI is InChI=1S/C11H16N2OS2/c1-14-7-8-6-10(15)13-11(12-8)9-4-2-3-5-16-9/h6,9H,2-5,7H2,1H3,(H,12,13,15). The van der Waals surface area contributed by atoms with E-state index < -0.39 is 0 Å². The fourth-order valence-electron chi connectivity index (χ4n) is 1.87. The molecule has 88 valence electrons. The minimum atomic E-state index is 0.479. The number of hydrogen-bond donors (Lipinski definition) is 1. The minimum Gasteiger partial charge on any atom is -0.378 e. The molecule has 1 atom stereocenters. The Morgan fingerprint density at radius 1 is 1.62 bits per heavy atom. The van der Waals surface area contributed by atoms with E-state index in [-0.39, 0.29) is 0 Å². The first-order valence-electron chi connectivity index (χ1n) is 5.50. The van der Waals surface area contributed by atoms with Gasteiger partial charge in [0.25, 0.3) is 0 Å². The molecule has 1 aromatic rings. The van der Waals surface area contributed by atoms with E-state index >= 15 is 0 Å². The highest BCUT2D eigenvalue weighted by Gasteiger charge is 2.18. The van der Waals surface area contributed by atoms with Crippen molar-refractivity contribution >= 4 is 24.0 Å². The third kappa shape index (κ3) is 3.06. The predicted molar refractivity (Wildman–Crippen MR) is 69.2 cm³/mol. The van der Waals surface area contributed by atoms with Crippen molar-refractivity contribution in [3.05, 3.63) is 22.2 Å². The van der Waals surface area contributed by atoms with Gasteiger partial charge in [0, 0.05) is 12.8 Å². The number of aromatic nitrogens is 2. The van der Waals surface area contributed by atoms with Crippen molar-refractivity contribution in [1.29, 1.82) is 0 Å². The molecule has 0 bridgehead atoms. The number of nitrogens with zero attached hydrogens (tertiary/aromatic N) is 1. The lowest BCUT2D eigenvalue weighted by Gasteiger charge is -2.20. The molecule has 16 heavy (non-hydrogen) atoms. The van der Waals surface area contributed by atoms with E-state index in [1.54, 1.807) is 7.11 Å². The van der Waals surface area contributed by atoms with Gasteiger partial charge >= 0.3 is 0 Å². The van der Waals surface area contributed by atoms with Crippen LogP contribution in [0.15, 0.2) is 6.07 Å². The molecular formula is C11H16N2OS2. The molecule has 0 aliphatic carbocycles. The topological polar surface area (TPSA) is 37.9 Å². The van der Waals surface area contributed by atoms with Gasteiger partial charge in [-0.25, -0.2) is 4.98 Å². The number of hydrogen-bond acceptors (Lipinski definition) is 4. The van der Waals surface area contributed by atoms with Crippen LogP contribution in [0, 0.1) is 4.64 Å². The van der Waals surface area contributed by atoms with E-state index in [9.17, 15) is 0 Å². The molecule has 2 rings (SSSR count). The highest BCUT2D eigenvalue weighted by Crippen LogP contribution is 2.36. The Labute approximate surface area is 105 Å². The summed E-state index contributed by atoms with van der Waals surface area (Å²) in [6.07, 6.45) is 3.80. The van der Waals surface area contributed by atoms with Crippen molar-refractivity contribution in [1.82, 2.24) is 9.97 Å². The number of ether oxygens (including phenoxy) is 1. The zero-order valence-electron chi connectivity index (χ0n) is 9.36. The SMILES string of the molecule is COCc1cc(=S)nc(C2CCCCS2)[nH]1. The molecule has 1 aromatic heterocycles. The van der Waals surface area contributed by atoms with E-state index in [1.165, 1.54) is 25.0 Å². The lowest BCUT2D eigenvalue weighted by Crippen LogP contribution is -2.08. The van der Waals surface area contributed by atoms with Gasteiger partial charge in [0.05, 0.1) is 11.9 Å². The van der Waals surface area contributed by atoms with Crippen LogP contribution in [0.5, 0.6) is 0 Å². The molecule has 5 heteroatoms. The second kappa shape index (κ2) is 5.80. The van der Waals surface area contributed by atoms with Gasteiger partial charge in [0.15, 0.2) is 0 Å². The average molecular weight is 256 g/mol. The second-order valence-electron chi connectivity index (χ2n) is 3.92. The van der Waals surface area contributed by atoms with Crippen LogP contribution in [0.3, 0.4) is 0 Å². The van der Waals surface area contributed by atoms with Crippen LogP contribution in [0.25, 0.3) is 0 Å². The van der Waals surface area contributed by atoms with E-state index in [1.807, 2.05) is 17.8 Å². The third-order valence-corrected chi connectivity index (χ3v) is 4.20. The summed E-state index contributed by atoms with van der Waals surface area (Å²) in [5.74, 6) is 2.24. The van der Waals surface area contributed by atoms with E-state index in [2.05, 4.69) is 9.97 Å². The van der Waals surface area contributed by atoms with Crippen molar-refractivity contribution in [3.63, 3.8) is 0 Å². The lowest BCUT2D eigenvalue weighted by atomic mass is 10.2. The molecule has 1 aliphatic rings. The van der Waals surface area contributed by atoms with E-state index in [0.29, 0.717) is 16.5 Å². The third-order valence-electron chi connectivity index (χ3n) is 2.60. The largest absolute Gasteiger partial charge is 0.378 e. The Morgan fingerprint density at radius 2 is 2.50 bits per heavy atom. The molecule has 1 aliphatic heterocycles. The summed E-state index contributed by atoms with van der Waals surface area (Å²) in [7, 11) is 1.69. The second-order valence-corrected chi connectivity index (χ2v) is 5.65. The van der Waals surface area contributed by atoms with Gasteiger partial charge in [-0.3, -0.25) is 0 Å². The molecule has 0 spiro atoms. The summed E-state index contributed by atoms with van der Waals surface area (Å²) in [5, 5.41) is 0.479. The molecule has 0 saturated carbocycles. The van der Waals surface area contributed by atoms with Gasteiger partial charge in [-0.2, -0.15) is 11.8 Å². The van der Waals surface area contributed by atoms with Gasteiger partial charge in [0.1, 0.15) is 10.5 Å². The van der Waals surface area contributed by atoms with Crippen LogP contribution in [-0.4, -0.2) is 22.8 Å². The fourth-order valence-corrected chi connectivity index (χ4v) is 3.37. The minimum absolute atomic E-state index is 0.479. The Morgan fingerprint density at radius 3 is 3.19 bits per heavy atom. The van der Waals surface area contributed by atoms with Crippen molar-refractivity contribution in [2.75, 3.05) is 12.9 Å². The van der Waals surface area contributed by atoms with Crippen molar-refractivity contribution in [3.8, 4) is 0 Å². The molecule has 0 radical (unpaired) electrons. The average Bonchev–Trinajstić information content (AvgIpc) is 2.30. The van der Waals surface area contributed by atoms with Crippen LogP contribution in [-0.2, 0) is 11.3 Å². The number of methoxy groups -OCH3 is 1. The first-order chi connectivity index (χ1) is 7.79.